The molecule has 0 unspecified atom stereocenters. The fourth-order valence-electron chi connectivity index (χ4n) is 3.61. The summed E-state index contributed by atoms with van der Waals surface area (Å²) in [6.45, 7) is 2.00. The molecule has 0 saturated heterocycles. The number of anilines is 2. The van der Waals surface area contributed by atoms with Crippen molar-refractivity contribution < 1.29 is 14.3 Å². The molecule has 0 radical (unpaired) electrons. The van der Waals surface area contributed by atoms with E-state index in [1.54, 1.807) is 0 Å². The molecule has 0 fully saturated rings. The van der Waals surface area contributed by atoms with Gasteiger partial charge in [-0.05, 0) is 24.6 Å². The van der Waals surface area contributed by atoms with Crippen molar-refractivity contribution in [2.24, 2.45) is 7.05 Å². The molecule has 1 N–H and O–H groups in total. The number of nitrogens with zero attached hydrogens (tertiary/aromatic N) is 4. The number of rotatable bonds is 8. The van der Waals surface area contributed by atoms with Crippen LogP contribution in [0.1, 0.15) is 15.9 Å². The van der Waals surface area contributed by atoms with Crippen LogP contribution < -0.4 is 10.2 Å². The number of thioether (sulfide) groups is 1. The van der Waals surface area contributed by atoms with Gasteiger partial charge in [-0.1, -0.05) is 53.7 Å². The van der Waals surface area contributed by atoms with Crippen LogP contribution in [0.4, 0.5) is 10.7 Å². The van der Waals surface area contributed by atoms with Gasteiger partial charge in [0.15, 0.2) is 11.0 Å². The minimum Gasteiger partial charge on any atom is -0.465 e. The van der Waals surface area contributed by atoms with Gasteiger partial charge in [0, 0.05) is 43.3 Å². The van der Waals surface area contributed by atoms with E-state index in [4.69, 9.17) is 4.74 Å². The van der Waals surface area contributed by atoms with Crippen molar-refractivity contribution in [2.75, 3.05) is 37.2 Å². The Bertz CT molecular complexity index is 1390. The standard InChI is InChI=1S/C26H27N5O3S2/c1-16-9-11-17(12-10-16)20-14-35-24(22(20)25(33)34-5)27-21(32)15-36-26-29-28-23(31(26)4)18-7-6-8-19(13-18)30(2)3/h6-14H,15H2,1-5H3,(H,27,32). The molecule has 0 aliphatic carbocycles. The third-order valence-electron chi connectivity index (χ3n) is 5.58. The van der Waals surface area contributed by atoms with Crippen molar-refractivity contribution in [3.63, 3.8) is 0 Å². The highest BCUT2D eigenvalue weighted by molar-refractivity contribution is 7.99. The number of ether oxygens (including phenoxy) is 1. The number of thiophene rings is 1. The molecule has 2 aromatic heterocycles. The summed E-state index contributed by atoms with van der Waals surface area (Å²) in [5.74, 6) is 0.0899. The number of aromatic nitrogens is 3. The summed E-state index contributed by atoms with van der Waals surface area (Å²) in [5, 5.41) is 14.4. The highest BCUT2D eigenvalue weighted by Gasteiger charge is 2.23. The number of carbonyl (C=O) groups excluding carboxylic acids is 2. The molecule has 186 valence electrons. The number of hydrogen-bond donors (Lipinski definition) is 1. The topological polar surface area (TPSA) is 89.3 Å². The summed E-state index contributed by atoms with van der Waals surface area (Å²) >= 11 is 2.58. The van der Waals surface area contributed by atoms with Crippen molar-refractivity contribution in [1.29, 1.82) is 0 Å². The summed E-state index contributed by atoms with van der Waals surface area (Å²) in [6, 6.07) is 15.9. The van der Waals surface area contributed by atoms with Gasteiger partial charge in [-0.3, -0.25) is 4.79 Å². The molecule has 2 heterocycles. The minimum absolute atomic E-state index is 0.113. The van der Waals surface area contributed by atoms with E-state index in [1.165, 1.54) is 30.2 Å². The smallest absolute Gasteiger partial charge is 0.341 e. The summed E-state index contributed by atoms with van der Waals surface area (Å²) in [5.41, 5.74) is 5.09. The number of methoxy groups -OCH3 is 1. The Kier molecular flexibility index (Phi) is 7.76. The van der Waals surface area contributed by atoms with Crippen molar-refractivity contribution >= 4 is 45.7 Å². The largest absolute Gasteiger partial charge is 0.465 e. The van der Waals surface area contributed by atoms with Crippen LogP contribution in [0.3, 0.4) is 0 Å². The first-order valence-corrected chi connectivity index (χ1v) is 13.0. The summed E-state index contributed by atoms with van der Waals surface area (Å²) in [7, 11) is 7.18. The van der Waals surface area contributed by atoms with Crippen LogP contribution in [0.2, 0.25) is 0 Å². The second kappa shape index (κ2) is 11.0. The monoisotopic (exact) mass is 521 g/mol. The lowest BCUT2D eigenvalue weighted by molar-refractivity contribution is -0.113. The van der Waals surface area contributed by atoms with Gasteiger partial charge in [0.1, 0.15) is 10.6 Å². The molecule has 36 heavy (non-hydrogen) atoms. The summed E-state index contributed by atoms with van der Waals surface area (Å²) < 4.78 is 6.87. The molecule has 0 bridgehead atoms. The third-order valence-corrected chi connectivity index (χ3v) is 7.50. The van der Waals surface area contributed by atoms with E-state index in [1.807, 2.05) is 91.4 Å². The molecular formula is C26H27N5O3S2. The van der Waals surface area contributed by atoms with Crippen LogP contribution in [0, 0.1) is 6.92 Å². The van der Waals surface area contributed by atoms with E-state index >= 15 is 0 Å². The molecule has 0 spiro atoms. The average molecular weight is 522 g/mol. The maximum absolute atomic E-state index is 12.8. The fourth-order valence-corrected chi connectivity index (χ4v) is 5.29. The zero-order valence-corrected chi connectivity index (χ0v) is 22.4. The Balaban J connectivity index is 1.48. The van der Waals surface area contributed by atoms with Gasteiger partial charge in [0.2, 0.25) is 5.91 Å². The van der Waals surface area contributed by atoms with E-state index in [9.17, 15) is 9.59 Å². The average Bonchev–Trinajstić information content (AvgIpc) is 3.46. The van der Waals surface area contributed by atoms with Crippen LogP contribution in [0.5, 0.6) is 0 Å². The molecule has 2 aromatic carbocycles. The van der Waals surface area contributed by atoms with Crippen molar-refractivity contribution in [3.05, 3.63) is 65.0 Å². The van der Waals surface area contributed by atoms with Crippen molar-refractivity contribution in [2.45, 2.75) is 12.1 Å². The number of benzene rings is 2. The summed E-state index contributed by atoms with van der Waals surface area (Å²) in [4.78, 5) is 27.4. The van der Waals surface area contributed by atoms with E-state index in [2.05, 4.69) is 15.5 Å². The second-order valence-electron chi connectivity index (χ2n) is 8.36. The van der Waals surface area contributed by atoms with Gasteiger partial charge in [-0.25, -0.2) is 4.79 Å². The lowest BCUT2D eigenvalue weighted by Gasteiger charge is -2.13. The second-order valence-corrected chi connectivity index (χ2v) is 10.2. The number of nitrogens with one attached hydrogen (secondary N) is 1. The predicted octanol–water partition coefficient (Wildman–Crippen LogP) is 5.10. The molecular weight excluding hydrogens is 494 g/mol. The molecule has 0 aliphatic rings. The first-order valence-electron chi connectivity index (χ1n) is 11.1. The Hall–Kier alpha value is -3.63. The van der Waals surface area contributed by atoms with Gasteiger partial charge in [0.25, 0.3) is 0 Å². The van der Waals surface area contributed by atoms with Gasteiger partial charge in [-0.15, -0.1) is 21.5 Å². The Morgan fingerprint density at radius 3 is 2.56 bits per heavy atom. The highest BCUT2D eigenvalue weighted by Crippen LogP contribution is 2.36. The van der Waals surface area contributed by atoms with Crippen molar-refractivity contribution in [1.82, 2.24) is 14.8 Å². The number of carbonyl (C=O) groups is 2. The number of esters is 1. The number of amides is 1. The maximum atomic E-state index is 12.8. The van der Waals surface area contributed by atoms with E-state index in [0.717, 1.165) is 33.8 Å². The lowest BCUT2D eigenvalue weighted by atomic mass is 10.0. The van der Waals surface area contributed by atoms with Gasteiger partial charge >= 0.3 is 5.97 Å². The maximum Gasteiger partial charge on any atom is 0.341 e. The first-order chi connectivity index (χ1) is 17.3. The van der Waals surface area contributed by atoms with Gasteiger partial charge < -0.3 is 19.5 Å². The quantitative estimate of drug-likeness (QED) is 0.255. The van der Waals surface area contributed by atoms with Crippen molar-refractivity contribution in [3.8, 4) is 22.5 Å². The molecule has 4 rings (SSSR count). The minimum atomic E-state index is -0.493. The highest BCUT2D eigenvalue weighted by atomic mass is 32.2. The predicted molar refractivity (Wildman–Crippen MR) is 146 cm³/mol. The first kappa shape index (κ1) is 25.5. The van der Waals surface area contributed by atoms with E-state index in [0.29, 0.717) is 15.7 Å². The number of aryl methyl sites for hydroxylation is 1. The van der Waals surface area contributed by atoms with E-state index < -0.39 is 5.97 Å². The number of hydrogen-bond acceptors (Lipinski definition) is 8. The molecule has 0 aliphatic heterocycles. The zero-order chi connectivity index (χ0) is 25.8. The molecule has 0 atom stereocenters. The molecule has 10 heteroatoms. The Labute approximate surface area is 218 Å². The van der Waals surface area contributed by atoms with Crippen LogP contribution in [-0.2, 0) is 16.6 Å². The van der Waals surface area contributed by atoms with Gasteiger partial charge in [-0.2, -0.15) is 0 Å². The molecule has 8 nitrogen and oxygen atoms in total. The SMILES string of the molecule is COC(=O)c1c(-c2ccc(C)cc2)csc1NC(=O)CSc1nnc(-c2cccc(N(C)C)c2)n1C. The van der Waals surface area contributed by atoms with Crippen LogP contribution in [0.25, 0.3) is 22.5 Å². The van der Waals surface area contributed by atoms with Crippen LogP contribution in [-0.4, -0.2) is 53.6 Å². The van der Waals surface area contributed by atoms with Crippen LogP contribution >= 0.6 is 23.1 Å². The zero-order valence-electron chi connectivity index (χ0n) is 20.7. The summed E-state index contributed by atoms with van der Waals surface area (Å²) in [6.07, 6.45) is 0. The lowest BCUT2D eigenvalue weighted by Crippen LogP contribution is -2.16. The molecule has 1 amide bonds. The Morgan fingerprint density at radius 1 is 1.11 bits per heavy atom. The molecule has 0 saturated carbocycles. The fraction of sp³-hybridized carbons (Fsp3) is 0.231. The molecule has 4 aromatic rings. The van der Waals surface area contributed by atoms with Crippen LogP contribution in [0.15, 0.2) is 59.1 Å². The Morgan fingerprint density at radius 2 is 1.86 bits per heavy atom. The normalized spacial score (nSPS) is 10.8. The van der Waals surface area contributed by atoms with E-state index in [-0.39, 0.29) is 11.7 Å². The third kappa shape index (κ3) is 5.44. The van der Waals surface area contributed by atoms with Gasteiger partial charge in [0.05, 0.1) is 12.9 Å².